The fourth-order valence-corrected chi connectivity index (χ4v) is 4.79. The molecule has 1 N–H and O–H groups in total. The molecule has 0 spiro atoms. The summed E-state index contributed by atoms with van der Waals surface area (Å²) in [6.07, 6.45) is 1.97. The van der Waals surface area contributed by atoms with Crippen molar-refractivity contribution in [1.29, 1.82) is 0 Å². The van der Waals surface area contributed by atoms with Gasteiger partial charge >= 0.3 is 0 Å². The molecule has 1 saturated heterocycles. The Morgan fingerprint density at radius 3 is 2.83 bits per heavy atom. The van der Waals surface area contributed by atoms with Crippen LogP contribution in [0.5, 0.6) is 5.75 Å². The number of carbonyl (C=O) groups is 1. The smallest absolute Gasteiger partial charge is 0.257 e. The predicted molar refractivity (Wildman–Crippen MR) is 138 cm³/mol. The first-order valence-corrected chi connectivity index (χ1v) is 12.3. The minimum Gasteiger partial charge on any atom is -0.496 e. The summed E-state index contributed by atoms with van der Waals surface area (Å²) in [7, 11) is 3.19. The Morgan fingerprint density at radius 1 is 1.23 bits per heavy atom. The molecule has 0 unspecified atom stereocenters. The standard InChI is InChI=1S/C27H32ClN3O4/c1-34-13-12-31(27(33)23-7-3-4-8-25(23)35-2)17-21-14-20-9-10-22(28)15-24(20)29-26(21)30-11-5-6-19(16-30)18-32/h3-4,7-10,14-15,19,32H,5-6,11-13,16-18H2,1-2H3/t19-/m0/s1. The third-order valence-electron chi connectivity index (χ3n) is 6.46. The molecule has 3 aromatic rings. The Labute approximate surface area is 211 Å². The van der Waals surface area contributed by atoms with E-state index in [0.29, 0.717) is 36.0 Å². The zero-order chi connectivity index (χ0) is 24.8. The average molecular weight is 498 g/mol. The molecule has 0 saturated carbocycles. The van der Waals surface area contributed by atoms with Crippen LogP contribution in [0, 0.1) is 5.92 Å². The van der Waals surface area contributed by atoms with Gasteiger partial charge in [0.05, 0.1) is 24.8 Å². The van der Waals surface area contributed by atoms with Crippen LogP contribution < -0.4 is 9.64 Å². The van der Waals surface area contributed by atoms with Crippen molar-refractivity contribution in [1.82, 2.24) is 9.88 Å². The number of para-hydroxylation sites is 1. The van der Waals surface area contributed by atoms with Gasteiger partial charge in [0.2, 0.25) is 0 Å². The summed E-state index contributed by atoms with van der Waals surface area (Å²) in [5.74, 6) is 1.43. The Hall–Kier alpha value is -2.87. The van der Waals surface area contributed by atoms with Gasteiger partial charge < -0.3 is 24.4 Å². The maximum Gasteiger partial charge on any atom is 0.257 e. The molecule has 7 nitrogen and oxygen atoms in total. The number of rotatable bonds is 9. The van der Waals surface area contributed by atoms with Crippen LogP contribution in [0.3, 0.4) is 0 Å². The molecule has 1 aromatic heterocycles. The van der Waals surface area contributed by atoms with Gasteiger partial charge in [-0.15, -0.1) is 0 Å². The predicted octanol–water partition coefficient (Wildman–Crippen LogP) is 4.39. The number of aromatic nitrogens is 1. The molecular weight excluding hydrogens is 466 g/mol. The van der Waals surface area contributed by atoms with Crippen molar-refractivity contribution in [3.63, 3.8) is 0 Å². The van der Waals surface area contributed by atoms with Crippen molar-refractivity contribution in [3.05, 3.63) is 64.7 Å². The van der Waals surface area contributed by atoms with Gasteiger partial charge in [0.25, 0.3) is 5.91 Å². The molecule has 1 aliphatic rings. The molecule has 1 atom stereocenters. The van der Waals surface area contributed by atoms with Crippen molar-refractivity contribution >= 4 is 34.2 Å². The lowest BCUT2D eigenvalue weighted by Gasteiger charge is -2.35. The number of fused-ring (bicyclic) bond motifs is 1. The van der Waals surface area contributed by atoms with Crippen molar-refractivity contribution in [3.8, 4) is 5.75 Å². The zero-order valence-electron chi connectivity index (χ0n) is 20.2. The minimum absolute atomic E-state index is 0.131. The van der Waals surface area contributed by atoms with Gasteiger partial charge in [0, 0.05) is 55.9 Å². The van der Waals surface area contributed by atoms with Gasteiger partial charge in [-0.2, -0.15) is 0 Å². The van der Waals surface area contributed by atoms with Crippen molar-refractivity contribution in [2.24, 2.45) is 5.92 Å². The normalized spacial score (nSPS) is 15.9. The summed E-state index contributed by atoms with van der Waals surface area (Å²) in [4.78, 5) is 22.6. The van der Waals surface area contributed by atoms with E-state index in [2.05, 4.69) is 11.0 Å². The number of hydrogen-bond donors (Lipinski definition) is 1. The van der Waals surface area contributed by atoms with E-state index in [4.69, 9.17) is 26.1 Å². The second-order valence-corrected chi connectivity index (χ2v) is 9.30. The molecule has 35 heavy (non-hydrogen) atoms. The summed E-state index contributed by atoms with van der Waals surface area (Å²) >= 11 is 6.26. The number of aliphatic hydroxyl groups is 1. The van der Waals surface area contributed by atoms with Gasteiger partial charge in [0.1, 0.15) is 11.6 Å². The highest BCUT2D eigenvalue weighted by Gasteiger charge is 2.26. The highest BCUT2D eigenvalue weighted by atomic mass is 35.5. The first-order valence-electron chi connectivity index (χ1n) is 11.9. The molecule has 2 aromatic carbocycles. The summed E-state index contributed by atoms with van der Waals surface area (Å²) in [5, 5.41) is 11.4. The number of nitrogens with zero attached hydrogens (tertiary/aromatic N) is 3. The highest BCUT2D eigenvalue weighted by Crippen LogP contribution is 2.31. The molecule has 0 radical (unpaired) electrons. The quantitative estimate of drug-likeness (QED) is 0.472. The lowest BCUT2D eigenvalue weighted by Crippen LogP contribution is -2.39. The number of methoxy groups -OCH3 is 2. The molecular formula is C27H32ClN3O4. The maximum absolute atomic E-state index is 13.6. The number of piperidine rings is 1. The van der Waals surface area contributed by atoms with Crippen LogP contribution in [0.2, 0.25) is 5.02 Å². The van der Waals surface area contributed by atoms with Gasteiger partial charge in [-0.3, -0.25) is 4.79 Å². The van der Waals surface area contributed by atoms with Crippen molar-refractivity contribution < 1.29 is 19.4 Å². The fraction of sp³-hybridized carbons (Fsp3) is 0.407. The number of pyridine rings is 1. The van der Waals surface area contributed by atoms with Gasteiger partial charge in [-0.1, -0.05) is 29.8 Å². The Bertz CT molecular complexity index is 1170. The number of halogens is 1. The summed E-state index contributed by atoms with van der Waals surface area (Å²) in [6, 6.07) is 15.0. The van der Waals surface area contributed by atoms with E-state index in [9.17, 15) is 9.90 Å². The van der Waals surface area contributed by atoms with Gasteiger partial charge in [0.15, 0.2) is 0 Å². The van der Waals surface area contributed by atoms with Crippen LogP contribution in [-0.4, -0.2) is 68.0 Å². The molecule has 0 bridgehead atoms. The molecule has 8 heteroatoms. The third kappa shape index (κ3) is 5.86. The zero-order valence-corrected chi connectivity index (χ0v) is 21.0. The Kier molecular flexibility index (Phi) is 8.44. The van der Waals surface area contributed by atoms with Crippen LogP contribution in [-0.2, 0) is 11.3 Å². The monoisotopic (exact) mass is 497 g/mol. The van der Waals surface area contributed by atoms with E-state index >= 15 is 0 Å². The average Bonchev–Trinajstić information content (AvgIpc) is 2.90. The summed E-state index contributed by atoms with van der Waals surface area (Å²) < 4.78 is 10.8. The van der Waals surface area contributed by atoms with E-state index in [1.807, 2.05) is 30.3 Å². The number of anilines is 1. The Morgan fingerprint density at radius 2 is 2.06 bits per heavy atom. The Balaban J connectivity index is 1.74. The van der Waals surface area contributed by atoms with Crippen molar-refractivity contribution in [2.45, 2.75) is 19.4 Å². The second-order valence-electron chi connectivity index (χ2n) is 8.86. The lowest BCUT2D eigenvalue weighted by molar-refractivity contribution is 0.0677. The maximum atomic E-state index is 13.6. The first kappa shape index (κ1) is 25.2. The number of aliphatic hydroxyl groups excluding tert-OH is 1. The largest absolute Gasteiger partial charge is 0.496 e. The van der Waals surface area contributed by atoms with E-state index in [-0.39, 0.29) is 18.4 Å². The number of benzene rings is 2. The molecule has 1 aliphatic heterocycles. The molecule has 0 aliphatic carbocycles. The topological polar surface area (TPSA) is 75.1 Å². The molecule has 1 fully saturated rings. The van der Waals surface area contributed by atoms with E-state index in [1.165, 1.54) is 0 Å². The third-order valence-corrected chi connectivity index (χ3v) is 6.70. The molecule has 186 valence electrons. The van der Waals surface area contributed by atoms with E-state index < -0.39 is 0 Å². The van der Waals surface area contributed by atoms with Gasteiger partial charge in [-0.25, -0.2) is 4.98 Å². The van der Waals surface area contributed by atoms with Crippen LogP contribution in [0.4, 0.5) is 5.82 Å². The summed E-state index contributed by atoms with van der Waals surface area (Å²) in [6.45, 7) is 2.91. The SMILES string of the molecule is COCCN(Cc1cc2ccc(Cl)cc2nc1N1CCC[C@H](CO)C1)C(=O)c1ccccc1OC. The van der Waals surface area contributed by atoms with E-state index in [1.54, 1.807) is 31.3 Å². The minimum atomic E-state index is -0.131. The number of carbonyl (C=O) groups excluding carboxylic acids is 1. The number of ether oxygens (including phenoxy) is 2. The number of amides is 1. The molecule has 4 rings (SSSR count). The van der Waals surface area contributed by atoms with Crippen LogP contribution >= 0.6 is 11.6 Å². The van der Waals surface area contributed by atoms with Crippen LogP contribution in [0.15, 0.2) is 48.5 Å². The second kappa shape index (κ2) is 11.7. The lowest BCUT2D eigenvalue weighted by atomic mass is 9.98. The van der Waals surface area contributed by atoms with Crippen LogP contribution in [0.1, 0.15) is 28.8 Å². The fourth-order valence-electron chi connectivity index (χ4n) is 4.62. The van der Waals surface area contributed by atoms with Gasteiger partial charge in [-0.05, 0) is 49.1 Å². The van der Waals surface area contributed by atoms with Crippen LogP contribution in [0.25, 0.3) is 10.9 Å². The molecule has 1 amide bonds. The molecule has 2 heterocycles. The van der Waals surface area contributed by atoms with Crippen molar-refractivity contribution in [2.75, 3.05) is 52.0 Å². The van der Waals surface area contributed by atoms with E-state index in [0.717, 1.165) is 48.2 Å². The first-order chi connectivity index (χ1) is 17.0. The highest BCUT2D eigenvalue weighted by molar-refractivity contribution is 6.31. The number of hydrogen-bond acceptors (Lipinski definition) is 6. The summed E-state index contributed by atoms with van der Waals surface area (Å²) in [5.41, 5.74) is 2.26.